The van der Waals surface area contributed by atoms with Crippen molar-refractivity contribution in [2.24, 2.45) is 5.73 Å². The number of nitrogens with two attached hydrogens (primary N) is 1. The number of aryl methyl sites for hydroxylation is 2. The number of nitrogens with zero attached hydrogens (tertiary/aromatic N) is 1. The summed E-state index contributed by atoms with van der Waals surface area (Å²) in [5.41, 5.74) is 11.3. The Hall–Kier alpha value is -4.30. The van der Waals surface area contributed by atoms with Crippen molar-refractivity contribution in [2.45, 2.75) is 83.8 Å². The Labute approximate surface area is 260 Å². The number of hydrogen-bond donors (Lipinski definition) is 3. The zero-order valence-corrected chi connectivity index (χ0v) is 25.8. The average Bonchev–Trinajstić information content (AvgIpc) is 3.06. The monoisotopic (exact) mass is 596 g/mol. The molecule has 44 heavy (non-hydrogen) atoms. The summed E-state index contributed by atoms with van der Waals surface area (Å²) in [6.45, 7) is 4.95. The Kier molecular flexibility index (Phi) is 11.8. The number of fused-ring (bicyclic) bond motifs is 1. The van der Waals surface area contributed by atoms with E-state index in [1.807, 2.05) is 48.5 Å². The molecule has 0 unspecified atom stereocenters. The average molecular weight is 597 g/mol. The van der Waals surface area contributed by atoms with Crippen LogP contribution in [0.5, 0.6) is 0 Å². The second-order valence-electron chi connectivity index (χ2n) is 11.3. The number of amides is 3. The topological polar surface area (TPSA) is 122 Å². The largest absolute Gasteiger partial charge is 0.342 e. The number of nitrogens with one attached hydrogen (secondary N) is 2. The normalized spacial score (nSPS) is 14.8. The summed E-state index contributed by atoms with van der Waals surface area (Å²) >= 11 is 0. The van der Waals surface area contributed by atoms with E-state index < -0.39 is 12.1 Å². The standard InChI is InChI=1S/C36H44N4O4/c1-3-25-17-18-30(22-26(25)4-2)38-35(43)31(16-10-11-21-37)39-36(44)32-23-28-14-8-9-15-29(28)24-40(32)34(42)20-19-33(41)27-12-6-5-7-13-27/h5-9,12-15,17-18,22,31-32H,3-4,10-11,16,19-21,23-24,37H2,1-2H3,(H,38,43)(H,39,44)/t31-,32-/m0/s1. The minimum absolute atomic E-state index is 0.00634. The van der Waals surface area contributed by atoms with E-state index in [2.05, 4.69) is 24.5 Å². The second kappa shape index (κ2) is 16.0. The molecule has 0 saturated heterocycles. The number of anilines is 1. The molecule has 1 aliphatic rings. The molecule has 232 valence electrons. The zero-order valence-electron chi connectivity index (χ0n) is 25.8. The fourth-order valence-corrected chi connectivity index (χ4v) is 5.79. The van der Waals surface area contributed by atoms with E-state index in [0.29, 0.717) is 37.1 Å². The Morgan fingerprint density at radius 2 is 1.57 bits per heavy atom. The zero-order chi connectivity index (χ0) is 31.5. The molecule has 0 bridgehead atoms. The first-order chi connectivity index (χ1) is 21.3. The molecule has 8 nitrogen and oxygen atoms in total. The van der Waals surface area contributed by atoms with Crippen molar-refractivity contribution >= 4 is 29.2 Å². The van der Waals surface area contributed by atoms with Crippen molar-refractivity contribution in [2.75, 3.05) is 11.9 Å². The summed E-state index contributed by atoms with van der Waals surface area (Å²) in [5.74, 6) is -1.07. The van der Waals surface area contributed by atoms with Gasteiger partial charge < -0.3 is 21.3 Å². The Balaban J connectivity index is 1.51. The lowest BCUT2D eigenvalue weighted by Crippen LogP contribution is -2.56. The van der Waals surface area contributed by atoms with Gasteiger partial charge >= 0.3 is 0 Å². The predicted octanol–water partition coefficient (Wildman–Crippen LogP) is 4.98. The highest BCUT2D eigenvalue weighted by Crippen LogP contribution is 2.25. The van der Waals surface area contributed by atoms with Crippen LogP contribution in [0.3, 0.4) is 0 Å². The lowest BCUT2D eigenvalue weighted by Gasteiger charge is -2.37. The molecule has 8 heteroatoms. The van der Waals surface area contributed by atoms with Crippen LogP contribution >= 0.6 is 0 Å². The quantitative estimate of drug-likeness (QED) is 0.179. The van der Waals surface area contributed by atoms with E-state index in [1.54, 1.807) is 29.2 Å². The van der Waals surface area contributed by atoms with Crippen molar-refractivity contribution in [3.8, 4) is 0 Å². The number of benzene rings is 3. The van der Waals surface area contributed by atoms with Crippen molar-refractivity contribution in [3.63, 3.8) is 0 Å². The van der Waals surface area contributed by atoms with Crippen molar-refractivity contribution < 1.29 is 19.2 Å². The lowest BCUT2D eigenvalue weighted by molar-refractivity contribution is -0.142. The molecule has 3 aromatic rings. The third-order valence-corrected chi connectivity index (χ3v) is 8.35. The maximum absolute atomic E-state index is 13.9. The van der Waals surface area contributed by atoms with Gasteiger partial charge in [0.1, 0.15) is 12.1 Å². The predicted molar refractivity (Wildman–Crippen MR) is 173 cm³/mol. The van der Waals surface area contributed by atoms with Crippen LogP contribution in [-0.4, -0.2) is 47.0 Å². The molecular weight excluding hydrogens is 552 g/mol. The smallest absolute Gasteiger partial charge is 0.246 e. The number of carbonyl (C=O) groups is 4. The van der Waals surface area contributed by atoms with Gasteiger partial charge in [0.15, 0.2) is 5.78 Å². The molecule has 3 aromatic carbocycles. The fourth-order valence-electron chi connectivity index (χ4n) is 5.79. The molecule has 4 rings (SSSR count). The molecule has 1 heterocycles. The van der Waals surface area contributed by atoms with Crippen molar-refractivity contribution in [1.82, 2.24) is 10.2 Å². The first-order valence-corrected chi connectivity index (χ1v) is 15.7. The number of unbranched alkanes of at least 4 members (excludes halogenated alkanes) is 1. The van der Waals surface area contributed by atoms with Gasteiger partial charge in [0.2, 0.25) is 17.7 Å². The maximum atomic E-state index is 13.9. The van der Waals surface area contributed by atoms with E-state index in [4.69, 9.17) is 5.73 Å². The highest BCUT2D eigenvalue weighted by atomic mass is 16.2. The van der Waals surface area contributed by atoms with Gasteiger partial charge in [-0.2, -0.15) is 0 Å². The van der Waals surface area contributed by atoms with Crippen molar-refractivity contribution in [3.05, 3.63) is 101 Å². The first kappa shape index (κ1) is 32.6. The summed E-state index contributed by atoms with van der Waals surface area (Å²) in [6, 6.07) is 21.0. The number of hydrogen-bond acceptors (Lipinski definition) is 5. The van der Waals surface area contributed by atoms with Gasteiger partial charge in [0, 0.05) is 37.1 Å². The molecule has 0 aliphatic carbocycles. The van der Waals surface area contributed by atoms with Crippen molar-refractivity contribution in [1.29, 1.82) is 0 Å². The van der Waals surface area contributed by atoms with Gasteiger partial charge in [-0.25, -0.2) is 0 Å². The van der Waals surface area contributed by atoms with E-state index in [-0.39, 0.29) is 42.9 Å². The number of ketones is 1. The number of rotatable bonds is 14. The summed E-state index contributed by atoms with van der Waals surface area (Å²) in [7, 11) is 0. The number of carbonyl (C=O) groups excluding carboxylic acids is 4. The molecule has 0 spiro atoms. The van der Waals surface area contributed by atoms with E-state index in [1.165, 1.54) is 11.1 Å². The minimum atomic E-state index is -0.801. The van der Waals surface area contributed by atoms with Crippen LogP contribution in [0.1, 0.15) is 78.6 Å². The van der Waals surface area contributed by atoms with Crippen LogP contribution < -0.4 is 16.4 Å². The summed E-state index contributed by atoms with van der Waals surface area (Å²) in [4.78, 5) is 55.2. The lowest BCUT2D eigenvalue weighted by atomic mass is 9.92. The van der Waals surface area contributed by atoms with E-state index in [0.717, 1.165) is 30.4 Å². The molecule has 3 amide bonds. The second-order valence-corrected chi connectivity index (χ2v) is 11.3. The summed E-state index contributed by atoms with van der Waals surface area (Å²) < 4.78 is 0. The Morgan fingerprint density at radius 3 is 2.27 bits per heavy atom. The van der Waals surface area contributed by atoms with Gasteiger partial charge in [-0.15, -0.1) is 0 Å². The van der Waals surface area contributed by atoms with Gasteiger partial charge in [-0.05, 0) is 73.0 Å². The first-order valence-electron chi connectivity index (χ1n) is 15.7. The maximum Gasteiger partial charge on any atom is 0.246 e. The van der Waals surface area contributed by atoms with Crippen LogP contribution in [0.15, 0.2) is 72.8 Å². The molecule has 1 aliphatic heterocycles. The van der Waals surface area contributed by atoms with Crippen LogP contribution in [0.25, 0.3) is 0 Å². The van der Waals surface area contributed by atoms with E-state index in [9.17, 15) is 19.2 Å². The molecule has 0 saturated carbocycles. The van der Waals surface area contributed by atoms with Gasteiger partial charge in [-0.3, -0.25) is 19.2 Å². The van der Waals surface area contributed by atoms with E-state index >= 15 is 0 Å². The molecular formula is C36H44N4O4. The molecule has 4 N–H and O–H groups in total. The van der Waals surface area contributed by atoms with Gasteiger partial charge in [0.25, 0.3) is 0 Å². The Bertz CT molecular complexity index is 1460. The highest BCUT2D eigenvalue weighted by Gasteiger charge is 2.36. The summed E-state index contributed by atoms with van der Waals surface area (Å²) in [5, 5.41) is 5.97. The SMILES string of the molecule is CCc1ccc(NC(=O)[C@H](CCCCN)NC(=O)[C@@H]2Cc3ccccc3CN2C(=O)CCC(=O)c2ccccc2)cc1CC. The third kappa shape index (κ3) is 8.41. The summed E-state index contributed by atoms with van der Waals surface area (Å²) in [6.07, 6.45) is 3.96. The van der Waals surface area contributed by atoms with Crippen LogP contribution in [0, 0.1) is 0 Å². The fraction of sp³-hybridized carbons (Fsp3) is 0.389. The van der Waals surface area contributed by atoms with Crippen LogP contribution in [0.2, 0.25) is 0 Å². The van der Waals surface area contributed by atoms with Crippen LogP contribution in [0.4, 0.5) is 5.69 Å². The van der Waals surface area contributed by atoms with Crippen LogP contribution in [-0.2, 0) is 40.2 Å². The highest BCUT2D eigenvalue weighted by molar-refractivity contribution is 6.00. The van der Waals surface area contributed by atoms with Gasteiger partial charge in [0.05, 0.1) is 0 Å². The molecule has 0 fully saturated rings. The van der Waals surface area contributed by atoms with Gasteiger partial charge in [-0.1, -0.05) is 74.5 Å². The molecule has 2 atom stereocenters. The number of Topliss-reactive ketones (excluding diaryl/α,β-unsaturated/α-hetero) is 1. The third-order valence-electron chi connectivity index (χ3n) is 8.35. The molecule has 0 radical (unpaired) electrons. The minimum Gasteiger partial charge on any atom is -0.342 e. The molecule has 0 aromatic heterocycles. The Morgan fingerprint density at radius 1 is 0.864 bits per heavy atom.